The molecule has 1 aromatic carbocycles. The standard InChI is InChI=1S/C30H41N3O2S2/c1-5-6-7-8-9-10-17-33-29(35)27-24-16-11-21(4)18-25(24)37-28(27)32-30(33)36-19-26(34)31-23-14-12-22(13-15-23)20(2)3/h12-15,20-21H,5-11,16-19H2,1-4H3,(H,31,34)/t21-/m1/s1. The van der Waals surface area contributed by atoms with E-state index in [1.165, 1.54) is 53.4 Å². The first kappa shape index (κ1) is 27.9. The van der Waals surface area contributed by atoms with Crippen LogP contribution in [-0.2, 0) is 24.2 Å². The summed E-state index contributed by atoms with van der Waals surface area (Å²) in [4.78, 5) is 33.7. The van der Waals surface area contributed by atoms with Crippen LogP contribution in [0.1, 0.15) is 94.6 Å². The quantitative estimate of drug-likeness (QED) is 0.145. The molecule has 0 aliphatic heterocycles. The summed E-state index contributed by atoms with van der Waals surface area (Å²) in [6.45, 7) is 9.49. The van der Waals surface area contributed by atoms with Crippen molar-refractivity contribution in [2.75, 3.05) is 11.1 Å². The number of nitrogens with one attached hydrogen (secondary N) is 1. The molecule has 0 spiro atoms. The maximum absolute atomic E-state index is 13.8. The Morgan fingerprint density at radius 2 is 1.89 bits per heavy atom. The lowest BCUT2D eigenvalue weighted by Crippen LogP contribution is -2.25. The van der Waals surface area contributed by atoms with Crippen molar-refractivity contribution in [3.63, 3.8) is 0 Å². The molecular formula is C30H41N3O2S2. The first-order valence-electron chi connectivity index (χ1n) is 13.9. The van der Waals surface area contributed by atoms with E-state index >= 15 is 0 Å². The molecule has 5 nitrogen and oxygen atoms in total. The third-order valence-corrected chi connectivity index (χ3v) is 9.43. The molecular weight excluding hydrogens is 498 g/mol. The Morgan fingerprint density at radius 3 is 2.62 bits per heavy atom. The van der Waals surface area contributed by atoms with Gasteiger partial charge in [-0.3, -0.25) is 14.2 Å². The van der Waals surface area contributed by atoms with Gasteiger partial charge >= 0.3 is 0 Å². The van der Waals surface area contributed by atoms with E-state index in [4.69, 9.17) is 4.98 Å². The van der Waals surface area contributed by atoms with Crippen LogP contribution in [0.4, 0.5) is 5.69 Å². The number of hydrogen-bond donors (Lipinski definition) is 1. The second-order valence-corrected chi connectivity index (χ2v) is 12.8. The Kier molecular flexibility index (Phi) is 9.88. The van der Waals surface area contributed by atoms with Crippen LogP contribution in [0.3, 0.4) is 0 Å². The van der Waals surface area contributed by atoms with Gasteiger partial charge < -0.3 is 5.32 Å². The fraction of sp³-hybridized carbons (Fsp3) is 0.567. The van der Waals surface area contributed by atoms with Crippen molar-refractivity contribution in [2.45, 2.75) is 103 Å². The van der Waals surface area contributed by atoms with Crippen LogP contribution in [0.15, 0.2) is 34.2 Å². The van der Waals surface area contributed by atoms with Gasteiger partial charge in [0.2, 0.25) is 5.91 Å². The fourth-order valence-corrected chi connectivity index (χ4v) is 7.29. The molecule has 3 aromatic rings. The molecule has 2 aromatic heterocycles. The van der Waals surface area contributed by atoms with Gasteiger partial charge in [0, 0.05) is 17.1 Å². The smallest absolute Gasteiger partial charge is 0.263 e. The van der Waals surface area contributed by atoms with Gasteiger partial charge in [-0.2, -0.15) is 0 Å². The van der Waals surface area contributed by atoms with Gasteiger partial charge in [-0.15, -0.1) is 11.3 Å². The molecule has 0 saturated heterocycles. The highest BCUT2D eigenvalue weighted by molar-refractivity contribution is 7.99. The number of rotatable bonds is 12. The molecule has 2 heterocycles. The van der Waals surface area contributed by atoms with Crippen LogP contribution in [0.25, 0.3) is 10.2 Å². The first-order valence-corrected chi connectivity index (χ1v) is 15.7. The zero-order valence-corrected chi connectivity index (χ0v) is 24.4. The number of thiophene rings is 1. The molecule has 200 valence electrons. The number of aryl methyl sites for hydroxylation is 1. The van der Waals surface area contributed by atoms with Crippen LogP contribution in [-0.4, -0.2) is 21.2 Å². The zero-order chi connectivity index (χ0) is 26.4. The van der Waals surface area contributed by atoms with Crippen molar-refractivity contribution in [1.29, 1.82) is 0 Å². The van der Waals surface area contributed by atoms with Crippen LogP contribution in [0, 0.1) is 5.92 Å². The molecule has 1 amide bonds. The number of aromatic nitrogens is 2. The van der Waals surface area contributed by atoms with E-state index < -0.39 is 0 Å². The number of thioether (sulfide) groups is 1. The van der Waals surface area contributed by atoms with Crippen molar-refractivity contribution in [2.24, 2.45) is 5.92 Å². The summed E-state index contributed by atoms with van der Waals surface area (Å²) in [6, 6.07) is 8.02. The van der Waals surface area contributed by atoms with Crippen molar-refractivity contribution < 1.29 is 4.79 Å². The molecule has 0 bridgehead atoms. The lowest BCUT2D eigenvalue weighted by molar-refractivity contribution is -0.113. The predicted octanol–water partition coefficient (Wildman–Crippen LogP) is 7.80. The second kappa shape index (κ2) is 13.1. The Labute approximate surface area is 229 Å². The maximum Gasteiger partial charge on any atom is 0.263 e. The summed E-state index contributed by atoms with van der Waals surface area (Å²) in [5.41, 5.74) is 3.35. The van der Waals surface area contributed by atoms with Crippen molar-refractivity contribution in [1.82, 2.24) is 9.55 Å². The highest BCUT2D eigenvalue weighted by atomic mass is 32.2. The Balaban J connectivity index is 1.51. The van der Waals surface area contributed by atoms with Gasteiger partial charge in [0.1, 0.15) is 4.83 Å². The van der Waals surface area contributed by atoms with Gasteiger partial charge in [0.15, 0.2) is 5.16 Å². The van der Waals surface area contributed by atoms with E-state index in [0.717, 1.165) is 48.0 Å². The van der Waals surface area contributed by atoms with E-state index in [0.29, 0.717) is 23.5 Å². The second-order valence-electron chi connectivity index (χ2n) is 10.8. The number of hydrogen-bond acceptors (Lipinski definition) is 5. The largest absolute Gasteiger partial charge is 0.325 e. The number of unbranched alkanes of at least 4 members (excludes halogenated alkanes) is 5. The topological polar surface area (TPSA) is 64.0 Å². The van der Waals surface area contributed by atoms with Gasteiger partial charge in [-0.25, -0.2) is 4.98 Å². The lowest BCUT2D eigenvalue weighted by Gasteiger charge is -2.17. The van der Waals surface area contributed by atoms with Gasteiger partial charge in [-0.1, -0.05) is 83.7 Å². The predicted molar refractivity (Wildman–Crippen MR) is 158 cm³/mol. The molecule has 0 unspecified atom stereocenters. The third kappa shape index (κ3) is 7.05. The minimum Gasteiger partial charge on any atom is -0.325 e. The van der Waals surface area contributed by atoms with Crippen LogP contribution in [0.5, 0.6) is 0 Å². The summed E-state index contributed by atoms with van der Waals surface area (Å²) in [6.07, 6.45) is 10.1. The molecule has 1 aliphatic carbocycles. The van der Waals surface area contributed by atoms with Crippen LogP contribution >= 0.6 is 23.1 Å². The number of amides is 1. The molecule has 4 rings (SSSR count). The van der Waals surface area contributed by atoms with Crippen LogP contribution in [0.2, 0.25) is 0 Å². The average Bonchev–Trinajstić information content (AvgIpc) is 3.23. The summed E-state index contributed by atoms with van der Waals surface area (Å²) < 4.78 is 1.85. The summed E-state index contributed by atoms with van der Waals surface area (Å²) >= 11 is 3.06. The maximum atomic E-state index is 13.8. The zero-order valence-electron chi connectivity index (χ0n) is 22.8. The third-order valence-electron chi connectivity index (χ3n) is 7.31. The minimum atomic E-state index is -0.0814. The van der Waals surface area contributed by atoms with Crippen molar-refractivity contribution >= 4 is 44.9 Å². The van der Waals surface area contributed by atoms with Crippen LogP contribution < -0.4 is 10.9 Å². The molecule has 37 heavy (non-hydrogen) atoms. The summed E-state index contributed by atoms with van der Waals surface area (Å²) in [5.74, 6) is 1.25. The van der Waals surface area contributed by atoms with Crippen molar-refractivity contribution in [3.8, 4) is 0 Å². The lowest BCUT2D eigenvalue weighted by atomic mass is 9.89. The molecule has 0 saturated carbocycles. The molecule has 0 fully saturated rings. The van der Waals surface area contributed by atoms with E-state index in [2.05, 4.69) is 45.1 Å². The molecule has 1 aliphatic rings. The normalized spacial score (nSPS) is 15.3. The highest BCUT2D eigenvalue weighted by Gasteiger charge is 2.25. The molecule has 1 atom stereocenters. The molecule has 1 N–H and O–H groups in total. The van der Waals surface area contributed by atoms with Gasteiger partial charge in [0.05, 0.1) is 11.1 Å². The molecule has 0 radical (unpaired) electrons. The van der Waals surface area contributed by atoms with E-state index in [9.17, 15) is 9.59 Å². The summed E-state index contributed by atoms with van der Waals surface area (Å²) in [7, 11) is 0. The number of carbonyl (C=O) groups is 1. The minimum absolute atomic E-state index is 0.0813. The van der Waals surface area contributed by atoms with Gasteiger partial charge in [-0.05, 0) is 60.8 Å². The number of carbonyl (C=O) groups excluding carboxylic acids is 1. The fourth-order valence-electron chi connectivity index (χ4n) is 5.04. The SMILES string of the molecule is CCCCCCCCn1c(SCC(=O)Nc2ccc(C(C)C)cc2)nc2sc3c(c2c1=O)CC[C@@H](C)C3. The number of anilines is 1. The Morgan fingerprint density at radius 1 is 1.16 bits per heavy atom. The average molecular weight is 540 g/mol. The van der Waals surface area contributed by atoms with E-state index in [1.807, 2.05) is 16.7 Å². The first-order chi connectivity index (χ1) is 17.9. The van der Waals surface area contributed by atoms with Crippen molar-refractivity contribution in [3.05, 3.63) is 50.6 Å². The summed E-state index contributed by atoms with van der Waals surface area (Å²) in [5, 5.41) is 4.49. The van der Waals surface area contributed by atoms with E-state index in [1.54, 1.807) is 11.3 Å². The number of nitrogens with zero attached hydrogens (tertiary/aromatic N) is 2. The van der Waals surface area contributed by atoms with Gasteiger partial charge in [0.25, 0.3) is 5.56 Å². The number of benzene rings is 1. The highest BCUT2D eigenvalue weighted by Crippen LogP contribution is 2.36. The molecule has 7 heteroatoms. The van der Waals surface area contributed by atoms with E-state index in [-0.39, 0.29) is 17.2 Å². The Bertz CT molecular complexity index is 1260. The monoisotopic (exact) mass is 539 g/mol. The number of fused-ring (bicyclic) bond motifs is 3. The Hall–Kier alpha value is -2.12.